The van der Waals surface area contributed by atoms with Crippen LogP contribution < -0.4 is 56.8 Å². The molecule has 9 aliphatic rings. The van der Waals surface area contributed by atoms with Crippen molar-refractivity contribution in [3.05, 3.63) is 178 Å². The van der Waals surface area contributed by atoms with Crippen molar-refractivity contribution < 1.29 is 85.3 Å². The molecule has 0 amide bonds. The lowest BCUT2D eigenvalue weighted by molar-refractivity contribution is -0.141. The van der Waals surface area contributed by atoms with E-state index < -0.39 is 0 Å². The lowest BCUT2D eigenvalue weighted by Gasteiger charge is -2.24. The number of carbonyl (C=O) groups is 1. The molecule has 19 heteroatoms. The smallest absolute Gasteiger partial charge is 0.309 e. The minimum atomic E-state index is -0.269. The first kappa shape index (κ1) is 59.1. The summed E-state index contributed by atoms with van der Waals surface area (Å²) in [4.78, 5) is 14.4. The number of carbonyl (C=O) groups excluding carboxylic acids is 1. The van der Waals surface area contributed by atoms with Crippen molar-refractivity contribution in [1.82, 2.24) is 4.90 Å². The van der Waals surface area contributed by atoms with Crippen LogP contribution >= 0.6 is 0 Å². The molecular formula is C71H73NO18. The Bertz CT molecular complexity index is 3640. The molecule has 90 heavy (non-hydrogen) atoms. The van der Waals surface area contributed by atoms with E-state index in [1.807, 2.05) is 93.0 Å². The number of likely N-dealkylation sites (N-methyl/N-ethyl adjacent to an activating group) is 1. The molecule has 16 rings (SSSR count). The van der Waals surface area contributed by atoms with Crippen LogP contribution in [-0.4, -0.2) is 111 Å². The Morgan fingerprint density at radius 2 is 0.700 bits per heavy atom. The summed E-state index contributed by atoms with van der Waals surface area (Å²) < 4.78 is 95.9. The number of benzene rings is 7. The zero-order valence-electron chi connectivity index (χ0n) is 50.4. The molecule has 0 spiro atoms. The maximum atomic E-state index is 12.3. The largest absolute Gasteiger partial charge is 0.465 e. The van der Waals surface area contributed by atoms with Crippen molar-refractivity contribution in [2.75, 3.05) is 87.8 Å². The number of ether oxygens (including phenoxy) is 17. The first-order valence-corrected chi connectivity index (χ1v) is 30.9. The number of nitrogens with zero attached hydrogens (tertiary/aromatic N) is 1. The van der Waals surface area contributed by atoms with Gasteiger partial charge in [-0.25, -0.2) is 0 Å². The van der Waals surface area contributed by atoms with E-state index in [0.717, 1.165) is 124 Å². The summed E-state index contributed by atoms with van der Waals surface area (Å²) in [5.74, 6) is 10.5. The fourth-order valence-electron chi connectivity index (χ4n) is 12.9. The number of hydrogen-bond acceptors (Lipinski definition) is 19. The van der Waals surface area contributed by atoms with Gasteiger partial charge < -0.3 is 85.4 Å². The van der Waals surface area contributed by atoms with Crippen LogP contribution in [0.5, 0.6) is 69.0 Å². The molecule has 8 atom stereocenters. The highest BCUT2D eigenvalue weighted by Gasteiger charge is 2.41. The minimum absolute atomic E-state index is 0.131. The van der Waals surface area contributed by atoms with Gasteiger partial charge in [-0.15, -0.1) is 0 Å². The predicted octanol–water partition coefficient (Wildman–Crippen LogP) is 10.5. The third-order valence-corrected chi connectivity index (χ3v) is 17.8. The molecule has 3 fully saturated rings. The third-order valence-electron chi connectivity index (χ3n) is 17.8. The Labute approximate surface area is 522 Å². The fourth-order valence-corrected chi connectivity index (χ4v) is 12.9. The molecule has 3 saturated heterocycles. The van der Waals surface area contributed by atoms with Gasteiger partial charge in [0.15, 0.2) is 81.6 Å². The Balaban J connectivity index is 0.000000119. The van der Waals surface area contributed by atoms with E-state index in [1.165, 1.54) is 22.3 Å². The number of fused-ring (bicyclic) bond motifs is 6. The van der Waals surface area contributed by atoms with Crippen LogP contribution in [0.1, 0.15) is 38.9 Å². The topological polar surface area (TPSA) is 177 Å². The molecule has 9 aliphatic heterocycles. The summed E-state index contributed by atoms with van der Waals surface area (Å²) in [6.45, 7) is 5.47. The molecule has 7 aromatic rings. The molecule has 9 heterocycles. The second-order valence-corrected chi connectivity index (χ2v) is 24.1. The summed E-state index contributed by atoms with van der Waals surface area (Å²) in [6.07, 6.45) is 4.39. The van der Waals surface area contributed by atoms with Crippen LogP contribution in [0, 0.1) is 35.5 Å². The molecule has 0 bridgehead atoms. The van der Waals surface area contributed by atoms with Crippen LogP contribution in [0.2, 0.25) is 0 Å². The molecule has 2 unspecified atom stereocenters. The maximum absolute atomic E-state index is 12.3. The highest BCUT2D eigenvalue weighted by molar-refractivity contribution is 5.75. The lowest BCUT2D eigenvalue weighted by atomic mass is 9.84. The molecule has 0 radical (unpaired) electrons. The quantitative estimate of drug-likeness (QED) is 0.0698. The maximum Gasteiger partial charge on any atom is 0.309 e. The number of rotatable bonds is 19. The molecule has 0 aliphatic carbocycles. The Morgan fingerprint density at radius 3 is 1.09 bits per heavy atom. The summed E-state index contributed by atoms with van der Waals surface area (Å²) in [6, 6.07) is 46.7. The second kappa shape index (κ2) is 27.3. The highest BCUT2D eigenvalue weighted by Crippen LogP contribution is 2.43. The molecule has 7 aromatic carbocycles. The van der Waals surface area contributed by atoms with Crippen molar-refractivity contribution in [3.8, 4) is 69.0 Å². The number of hydrogen-bond donors (Lipinski definition) is 0. The third kappa shape index (κ3) is 13.9. The van der Waals surface area contributed by atoms with E-state index in [2.05, 4.69) is 65.6 Å². The standard InChI is InChI=1S/C27H26O6.C24H29NO6.C20H18O6/c1-2-4-18(5-3-1)14-28-27-22(11-20-7-9-24-26(13-20)33-17-31-24)21(15-29-27)10-19-6-8-23-25(12-19)32-16-30-23;1-25(2)7-8-26-24-19(10-17-4-6-21-23(12-17)31-15-29-21)18(13-27-24)9-16-3-5-20-22(11-16)30-14-28-20;21-20-15(6-13-2-4-17-19(8-13)26-11-24-17)14(9-22-20)5-12-1-3-16-18(7-12)25-10-23-16/h1-9,12-13,21-22,27H,10-11,14-17H2;3-6,11-12,18-19,24H,7-10,13-15H2,1-2H3;1-4,7-8,14-15H,5-6,9-11H2/t21-,22+,27?;18-,19+,24?;14-,15+/m111/s1. The number of esters is 1. The summed E-state index contributed by atoms with van der Waals surface area (Å²) in [7, 11) is 4.09. The fraction of sp³-hybridized carbons (Fsp3) is 0.394. The first-order chi connectivity index (χ1) is 44.2. The Hall–Kier alpha value is -8.59. The molecule has 0 N–H and O–H groups in total. The van der Waals surface area contributed by atoms with E-state index in [-0.39, 0.29) is 76.2 Å². The summed E-state index contributed by atoms with van der Waals surface area (Å²) >= 11 is 0. The van der Waals surface area contributed by atoms with Crippen molar-refractivity contribution in [3.63, 3.8) is 0 Å². The van der Waals surface area contributed by atoms with Crippen molar-refractivity contribution >= 4 is 5.97 Å². The van der Waals surface area contributed by atoms with Gasteiger partial charge in [0.1, 0.15) is 0 Å². The first-order valence-electron chi connectivity index (χ1n) is 30.9. The minimum Gasteiger partial charge on any atom is -0.465 e. The predicted molar refractivity (Wildman–Crippen MR) is 325 cm³/mol. The monoisotopic (exact) mass is 1230 g/mol. The van der Waals surface area contributed by atoms with Gasteiger partial charge in [0, 0.05) is 24.3 Å². The lowest BCUT2D eigenvalue weighted by Crippen LogP contribution is -2.29. The van der Waals surface area contributed by atoms with Crippen LogP contribution in [0.25, 0.3) is 0 Å². The average molecular weight is 1230 g/mol. The Morgan fingerprint density at radius 1 is 0.356 bits per heavy atom. The molecule has 0 aromatic heterocycles. The zero-order valence-corrected chi connectivity index (χ0v) is 50.4. The zero-order chi connectivity index (χ0) is 60.8. The van der Waals surface area contributed by atoms with Gasteiger partial charge in [-0.1, -0.05) is 66.7 Å². The van der Waals surface area contributed by atoms with Gasteiger partial charge in [0.2, 0.25) is 40.8 Å². The van der Waals surface area contributed by atoms with Crippen molar-refractivity contribution in [2.24, 2.45) is 35.5 Å². The van der Waals surface area contributed by atoms with Crippen LogP contribution in [0.4, 0.5) is 0 Å². The van der Waals surface area contributed by atoms with Crippen LogP contribution in [0.3, 0.4) is 0 Å². The summed E-state index contributed by atoms with van der Waals surface area (Å²) in [5.41, 5.74) is 8.15. The molecule has 0 saturated carbocycles. The normalized spacial score (nSPS) is 22.9. The van der Waals surface area contributed by atoms with Gasteiger partial charge in [-0.3, -0.25) is 4.79 Å². The SMILES string of the molecule is CN(C)CCOC1OC[C@@H](Cc2ccc3c(c2)OCO3)[C@@H]1Cc1ccc2c(c1)OCO2.O=C1OC[C@@H](Cc2ccc3c(c2)OCO3)[C@@H]1Cc1ccc2c(c1)OCO2.c1ccc(COC2OC[C@@H](Cc3ccc4c(c3)OCO4)[C@@H]2Cc2ccc3c(c2)OCO3)cc1. The van der Waals surface area contributed by atoms with E-state index in [9.17, 15) is 4.79 Å². The van der Waals surface area contributed by atoms with E-state index in [0.29, 0.717) is 58.1 Å². The average Bonchev–Trinajstić information content (AvgIpc) is 2.92. The molecule has 19 nitrogen and oxygen atoms in total. The van der Waals surface area contributed by atoms with Crippen molar-refractivity contribution in [1.29, 1.82) is 0 Å². The molecule has 470 valence electrons. The van der Waals surface area contributed by atoms with Crippen molar-refractivity contribution in [2.45, 2.75) is 57.7 Å². The van der Waals surface area contributed by atoms with Gasteiger partial charge in [-0.05, 0) is 176 Å². The van der Waals surface area contributed by atoms with Gasteiger partial charge in [-0.2, -0.15) is 0 Å². The van der Waals surface area contributed by atoms with E-state index >= 15 is 0 Å². The number of cyclic esters (lactones) is 1. The highest BCUT2D eigenvalue weighted by atomic mass is 16.7. The van der Waals surface area contributed by atoms with Crippen LogP contribution in [0.15, 0.2) is 140 Å². The Kier molecular flexibility index (Phi) is 17.9. The van der Waals surface area contributed by atoms with Gasteiger partial charge in [0.05, 0.1) is 39.0 Å². The van der Waals surface area contributed by atoms with E-state index in [1.54, 1.807) is 0 Å². The van der Waals surface area contributed by atoms with Crippen LogP contribution in [-0.2, 0) is 73.6 Å². The molecular weight excluding hydrogens is 1150 g/mol. The summed E-state index contributed by atoms with van der Waals surface area (Å²) in [5, 5.41) is 0. The van der Waals surface area contributed by atoms with E-state index in [4.69, 9.17) is 80.5 Å². The van der Waals surface area contributed by atoms with Gasteiger partial charge in [0.25, 0.3) is 0 Å². The van der Waals surface area contributed by atoms with Gasteiger partial charge >= 0.3 is 5.97 Å². The second-order valence-electron chi connectivity index (χ2n) is 24.1.